The van der Waals surface area contributed by atoms with Crippen molar-refractivity contribution >= 4 is 10.0 Å². The van der Waals surface area contributed by atoms with E-state index in [0.717, 1.165) is 0 Å². The van der Waals surface area contributed by atoms with Crippen LogP contribution in [0.1, 0.15) is 18.4 Å². The summed E-state index contributed by atoms with van der Waals surface area (Å²) < 4.78 is 43.7. The second kappa shape index (κ2) is 7.69. The van der Waals surface area contributed by atoms with Gasteiger partial charge in [0, 0.05) is 32.3 Å². The average molecular weight is 358 g/mol. The van der Waals surface area contributed by atoms with Crippen LogP contribution >= 0.6 is 0 Å². The van der Waals surface area contributed by atoms with Gasteiger partial charge in [-0.25, -0.2) is 8.42 Å². The van der Waals surface area contributed by atoms with Crippen LogP contribution in [0.25, 0.3) is 0 Å². The van der Waals surface area contributed by atoms with Crippen LogP contribution in [0.4, 0.5) is 0 Å². The molecular formula is C16H26N2O5S. The Morgan fingerprint density at radius 1 is 1.21 bits per heavy atom. The number of rotatable bonds is 6. The highest BCUT2D eigenvalue weighted by Crippen LogP contribution is 2.35. The summed E-state index contributed by atoms with van der Waals surface area (Å²) in [5.74, 6) is 0.889. The molecule has 7 nitrogen and oxygen atoms in total. The number of sulfonamides is 1. The van der Waals surface area contributed by atoms with Crippen LogP contribution in [0.5, 0.6) is 11.5 Å². The minimum atomic E-state index is -3.68. The molecule has 0 radical (unpaired) electrons. The summed E-state index contributed by atoms with van der Waals surface area (Å²) in [4.78, 5) is 0.217. The number of ether oxygens (including phenoxy) is 3. The van der Waals surface area contributed by atoms with Crippen molar-refractivity contribution in [1.82, 2.24) is 4.31 Å². The molecule has 24 heavy (non-hydrogen) atoms. The van der Waals surface area contributed by atoms with Crippen molar-refractivity contribution in [3.05, 3.63) is 17.7 Å². The number of aryl methyl sites for hydroxylation is 1. The largest absolute Gasteiger partial charge is 0.493 e. The minimum Gasteiger partial charge on any atom is -0.493 e. The van der Waals surface area contributed by atoms with E-state index in [4.69, 9.17) is 19.9 Å². The fourth-order valence-corrected chi connectivity index (χ4v) is 4.99. The summed E-state index contributed by atoms with van der Waals surface area (Å²) in [5, 5.41) is 0. The van der Waals surface area contributed by atoms with E-state index in [1.54, 1.807) is 20.1 Å². The highest BCUT2D eigenvalue weighted by atomic mass is 32.2. The topological polar surface area (TPSA) is 91.1 Å². The number of hydrogen-bond acceptors (Lipinski definition) is 6. The van der Waals surface area contributed by atoms with Crippen molar-refractivity contribution in [2.24, 2.45) is 5.73 Å². The average Bonchev–Trinajstić information content (AvgIpc) is 2.60. The Hall–Kier alpha value is -1.35. The maximum absolute atomic E-state index is 13.2. The molecule has 0 saturated carbocycles. The van der Waals surface area contributed by atoms with Crippen molar-refractivity contribution in [2.45, 2.75) is 36.8 Å². The molecule has 2 unspecified atom stereocenters. The summed E-state index contributed by atoms with van der Waals surface area (Å²) in [7, 11) is 0.961. The van der Waals surface area contributed by atoms with Gasteiger partial charge in [-0.15, -0.1) is 0 Å². The first-order valence-electron chi connectivity index (χ1n) is 7.86. The monoisotopic (exact) mass is 358 g/mol. The first-order chi connectivity index (χ1) is 11.4. The Bertz CT molecular complexity index is 677. The fraction of sp³-hybridized carbons (Fsp3) is 0.625. The van der Waals surface area contributed by atoms with E-state index in [2.05, 4.69) is 0 Å². The van der Waals surface area contributed by atoms with Gasteiger partial charge in [0.05, 0.1) is 25.2 Å². The Kier molecular flexibility index (Phi) is 6.08. The summed E-state index contributed by atoms with van der Waals surface area (Å²) in [6.07, 6.45) is 1.29. The molecule has 1 heterocycles. The molecule has 0 aliphatic carbocycles. The predicted molar refractivity (Wildman–Crippen MR) is 91.0 cm³/mol. The zero-order chi connectivity index (χ0) is 17.9. The second-order valence-corrected chi connectivity index (χ2v) is 7.72. The Balaban J connectivity index is 2.43. The number of nitrogens with two attached hydrogens (primary N) is 1. The molecule has 2 rings (SSSR count). The van der Waals surface area contributed by atoms with E-state index < -0.39 is 10.0 Å². The van der Waals surface area contributed by atoms with Gasteiger partial charge in [0.15, 0.2) is 11.5 Å². The Labute approximate surface area is 143 Å². The third-order valence-corrected chi connectivity index (χ3v) is 6.58. The molecule has 1 aliphatic heterocycles. The van der Waals surface area contributed by atoms with Gasteiger partial charge in [-0.2, -0.15) is 4.31 Å². The van der Waals surface area contributed by atoms with Gasteiger partial charge in [-0.05, 0) is 31.4 Å². The van der Waals surface area contributed by atoms with Gasteiger partial charge >= 0.3 is 0 Å². The number of methoxy groups -OCH3 is 3. The minimum absolute atomic E-state index is 0.0384. The molecule has 1 saturated heterocycles. The predicted octanol–water partition coefficient (Wildman–Crippen LogP) is 1.14. The molecule has 0 aromatic heterocycles. The van der Waals surface area contributed by atoms with E-state index in [1.165, 1.54) is 24.6 Å². The lowest BCUT2D eigenvalue weighted by Crippen LogP contribution is -2.51. The molecule has 0 spiro atoms. The summed E-state index contributed by atoms with van der Waals surface area (Å²) in [6, 6.07) is 2.91. The fourth-order valence-electron chi connectivity index (χ4n) is 3.10. The highest BCUT2D eigenvalue weighted by Gasteiger charge is 2.37. The molecule has 0 bridgehead atoms. The smallest absolute Gasteiger partial charge is 0.243 e. The quantitative estimate of drug-likeness (QED) is 0.820. The maximum atomic E-state index is 13.2. The van der Waals surface area contributed by atoms with Crippen molar-refractivity contribution in [2.75, 3.05) is 34.4 Å². The highest BCUT2D eigenvalue weighted by molar-refractivity contribution is 7.89. The van der Waals surface area contributed by atoms with E-state index in [9.17, 15) is 8.42 Å². The summed E-state index contributed by atoms with van der Waals surface area (Å²) in [5.41, 5.74) is 6.43. The maximum Gasteiger partial charge on any atom is 0.243 e. The van der Waals surface area contributed by atoms with Crippen molar-refractivity contribution in [3.63, 3.8) is 0 Å². The number of benzene rings is 1. The van der Waals surface area contributed by atoms with E-state index in [0.29, 0.717) is 36.4 Å². The number of hydrogen-bond donors (Lipinski definition) is 1. The van der Waals surface area contributed by atoms with E-state index in [-0.39, 0.29) is 23.6 Å². The number of piperidine rings is 1. The molecule has 136 valence electrons. The molecule has 1 fully saturated rings. The lowest BCUT2D eigenvalue weighted by molar-refractivity contribution is 0.0401. The van der Waals surface area contributed by atoms with Gasteiger partial charge in [0.1, 0.15) is 0 Å². The van der Waals surface area contributed by atoms with Crippen LogP contribution < -0.4 is 15.2 Å². The normalized spacial score (nSPS) is 22.4. The van der Waals surface area contributed by atoms with Crippen LogP contribution in [-0.4, -0.2) is 59.3 Å². The molecule has 0 amide bonds. The molecule has 1 aromatic rings. The van der Waals surface area contributed by atoms with E-state index in [1.807, 2.05) is 0 Å². The number of nitrogens with zero attached hydrogens (tertiary/aromatic N) is 1. The molecule has 2 atom stereocenters. The summed E-state index contributed by atoms with van der Waals surface area (Å²) >= 11 is 0. The standard InChI is InChI=1S/C16H26N2O5S/c1-11-7-14(22-3)15(23-4)9-16(11)24(19,20)18-6-5-13(21-2)8-12(18)10-17/h7,9,12-13H,5-6,8,10,17H2,1-4H3. The van der Waals surface area contributed by atoms with Crippen molar-refractivity contribution < 1.29 is 22.6 Å². The SMILES string of the molecule is COc1cc(C)c(S(=O)(=O)N2CCC(OC)CC2CN)cc1OC. The van der Waals surface area contributed by atoms with Crippen LogP contribution in [0.2, 0.25) is 0 Å². The van der Waals surface area contributed by atoms with Crippen molar-refractivity contribution in [3.8, 4) is 11.5 Å². The lowest BCUT2D eigenvalue weighted by Gasteiger charge is -2.37. The van der Waals surface area contributed by atoms with E-state index >= 15 is 0 Å². The molecule has 1 aliphatic rings. The van der Waals surface area contributed by atoms with Crippen LogP contribution in [-0.2, 0) is 14.8 Å². The Morgan fingerprint density at radius 2 is 1.83 bits per heavy atom. The van der Waals surface area contributed by atoms with Crippen LogP contribution in [0, 0.1) is 6.92 Å². The first kappa shape index (κ1) is 19.0. The van der Waals surface area contributed by atoms with Gasteiger partial charge in [0.25, 0.3) is 0 Å². The molecule has 2 N–H and O–H groups in total. The Morgan fingerprint density at radius 3 is 2.38 bits per heavy atom. The van der Waals surface area contributed by atoms with Gasteiger partial charge in [0.2, 0.25) is 10.0 Å². The zero-order valence-electron chi connectivity index (χ0n) is 14.6. The van der Waals surface area contributed by atoms with Crippen LogP contribution in [0.15, 0.2) is 17.0 Å². The first-order valence-corrected chi connectivity index (χ1v) is 9.30. The second-order valence-electron chi connectivity index (χ2n) is 5.86. The van der Waals surface area contributed by atoms with Gasteiger partial charge in [-0.3, -0.25) is 0 Å². The lowest BCUT2D eigenvalue weighted by atomic mass is 10.0. The van der Waals surface area contributed by atoms with Gasteiger partial charge in [-0.1, -0.05) is 0 Å². The summed E-state index contributed by atoms with van der Waals surface area (Å²) in [6.45, 7) is 2.39. The molecule has 1 aromatic carbocycles. The molecular weight excluding hydrogens is 332 g/mol. The van der Waals surface area contributed by atoms with Crippen LogP contribution in [0.3, 0.4) is 0 Å². The third kappa shape index (κ3) is 3.51. The van der Waals surface area contributed by atoms with Crippen molar-refractivity contribution in [1.29, 1.82) is 0 Å². The third-order valence-electron chi connectivity index (χ3n) is 4.49. The van der Waals surface area contributed by atoms with Gasteiger partial charge < -0.3 is 19.9 Å². The zero-order valence-corrected chi connectivity index (χ0v) is 15.4. The molecule has 8 heteroatoms.